The van der Waals surface area contributed by atoms with Crippen LogP contribution in [0.2, 0.25) is 0 Å². The van der Waals surface area contributed by atoms with Crippen molar-refractivity contribution in [2.24, 2.45) is 0 Å². The van der Waals surface area contributed by atoms with E-state index >= 15 is 0 Å². The van der Waals surface area contributed by atoms with Crippen LogP contribution >= 0.6 is 0 Å². The molecule has 1 unspecified atom stereocenters. The van der Waals surface area contributed by atoms with Crippen LogP contribution in [-0.4, -0.2) is 21.7 Å². The number of hydrogen-bond acceptors (Lipinski definition) is 4. The Balaban J connectivity index is 2.74. The maximum absolute atomic E-state index is 11.5. The standard InChI is InChI=1S/C12H17NO3/c1-8-5-6-9(13-7-8)10(14)11(15)16-12(2,3)4/h5-7,10,14H,1-4H3. The van der Waals surface area contributed by atoms with Gasteiger partial charge >= 0.3 is 5.97 Å². The quantitative estimate of drug-likeness (QED) is 0.776. The first-order valence-corrected chi connectivity index (χ1v) is 5.13. The number of aromatic nitrogens is 1. The highest BCUT2D eigenvalue weighted by atomic mass is 16.6. The van der Waals surface area contributed by atoms with Gasteiger partial charge in [0, 0.05) is 6.20 Å². The van der Waals surface area contributed by atoms with Crippen LogP contribution in [0.1, 0.15) is 38.1 Å². The first-order chi connectivity index (χ1) is 7.29. The number of carbonyl (C=O) groups excluding carboxylic acids is 1. The summed E-state index contributed by atoms with van der Waals surface area (Å²) in [6.45, 7) is 7.14. The number of pyridine rings is 1. The van der Waals surface area contributed by atoms with E-state index in [9.17, 15) is 9.90 Å². The van der Waals surface area contributed by atoms with Gasteiger partial charge in [-0.1, -0.05) is 6.07 Å². The molecule has 4 nitrogen and oxygen atoms in total. The molecule has 1 N–H and O–H groups in total. The fourth-order valence-corrected chi connectivity index (χ4v) is 1.12. The molecule has 0 aromatic carbocycles. The normalized spacial score (nSPS) is 13.3. The number of aliphatic hydroxyl groups excluding tert-OH is 1. The van der Waals surface area contributed by atoms with E-state index in [2.05, 4.69) is 4.98 Å². The van der Waals surface area contributed by atoms with Crippen molar-refractivity contribution in [3.63, 3.8) is 0 Å². The summed E-state index contributed by atoms with van der Waals surface area (Å²) in [5.74, 6) is -0.677. The molecule has 0 bridgehead atoms. The average molecular weight is 223 g/mol. The van der Waals surface area contributed by atoms with Gasteiger partial charge in [0.05, 0.1) is 5.69 Å². The van der Waals surface area contributed by atoms with Gasteiger partial charge in [-0.3, -0.25) is 4.98 Å². The average Bonchev–Trinajstić information content (AvgIpc) is 2.15. The first kappa shape index (κ1) is 12.6. The summed E-state index contributed by atoms with van der Waals surface area (Å²) in [6.07, 6.45) is 0.281. The van der Waals surface area contributed by atoms with Crippen molar-refractivity contribution in [2.75, 3.05) is 0 Å². The van der Waals surface area contributed by atoms with Gasteiger partial charge in [-0.2, -0.15) is 0 Å². The summed E-state index contributed by atoms with van der Waals surface area (Å²) < 4.78 is 5.06. The summed E-state index contributed by atoms with van der Waals surface area (Å²) in [7, 11) is 0. The van der Waals surface area contributed by atoms with Crippen molar-refractivity contribution in [3.8, 4) is 0 Å². The van der Waals surface area contributed by atoms with E-state index in [4.69, 9.17) is 4.74 Å². The smallest absolute Gasteiger partial charge is 0.341 e. The molecule has 0 aliphatic heterocycles. The van der Waals surface area contributed by atoms with E-state index in [1.54, 1.807) is 39.1 Å². The maximum Gasteiger partial charge on any atom is 0.341 e. The zero-order valence-electron chi connectivity index (χ0n) is 10.0. The third-order valence-electron chi connectivity index (χ3n) is 1.84. The Morgan fingerprint density at radius 1 is 1.44 bits per heavy atom. The minimum absolute atomic E-state index is 0.305. The van der Waals surface area contributed by atoms with E-state index in [1.165, 1.54) is 0 Å². The van der Waals surface area contributed by atoms with Gasteiger partial charge in [-0.15, -0.1) is 0 Å². The highest BCUT2D eigenvalue weighted by Crippen LogP contribution is 2.16. The summed E-state index contributed by atoms with van der Waals surface area (Å²) >= 11 is 0. The van der Waals surface area contributed by atoms with E-state index in [0.29, 0.717) is 5.69 Å². The zero-order valence-corrected chi connectivity index (χ0v) is 10.0. The molecule has 0 radical (unpaired) electrons. The van der Waals surface area contributed by atoms with E-state index in [-0.39, 0.29) is 0 Å². The van der Waals surface area contributed by atoms with Crippen molar-refractivity contribution >= 4 is 5.97 Å². The molecule has 1 rings (SSSR count). The van der Waals surface area contributed by atoms with E-state index < -0.39 is 17.7 Å². The molecule has 0 spiro atoms. The van der Waals surface area contributed by atoms with Gasteiger partial charge in [-0.25, -0.2) is 4.79 Å². The topological polar surface area (TPSA) is 59.4 Å². The molecule has 0 saturated heterocycles. The molecule has 1 aromatic rings. The summed E-state index contributed by atoms with van der Waals surface area (Å²) in [5.41, 5.74) is 0.669. The van der Waals surface area contributed by atoms with Crippen molar-refractivity contribution in [3.05, 3.63) is 29.6 Å². The highest BCUT2D eigenvalue weighted by molar-refractivity contribution is 5.76. The second-order valence-electron chi connectivity index (χ2n) is 4.70. The molecule has 0 saturated carbocycles. The molecule has 0 aliphatic carbocycles. The maximum atomic E-state index is 11.5. The fraction of sp³-hybridized carbons (Fsp3) is 0.500. The lowest BCUT2D eigenvalue weighted by atomic mass is 10.1. The van der Waals surface area contributed by atoms with Gasteiger partial charge in [0.1, 0.15) is 5.60 Å². The predicted octanol–water partition coefficient (Wildman–Crippen LogP) is 1.77. The largest absolute Gasteiger partial charge is 0.458 e. The number of aryl methyl sites for hydroxylation is 1. The molecule has 1 heterocycles. The minimum atomic E-state index is -1.32. The lowest BCUT2D eigenvalue weighted by molar-refractivity contribution is -0.165. The lowest BCUT2D eigenvalue weighted by Crippen LogP contribution is -2.28. The minimum Gasteiger partial charge on any atom is -0.458 e. The van der Waals surface area contributed by atoms with Crippen LogP contribution in [0.15, 0.2) is 18.3 Å². The zero-order chi connectivity index (χ0) is 12.3. The van der Waals surface area contributed by atoms with Gasteiger partial charge < -0.3 is 9.84 Å². The number of rotatable bonds is 2. The Hall–Kier alpha value is -1.42. The van der Waals surface area contributed by atoms with Crippen LogP contribution in [0.5, 0.6) is 0 Å². The van der Waals surface area contributed by atoms with Crippen molar-refractivity contribution < 1.29 is 14.6 Å². The van der Waals surface area contributed by atoms with Crippen molar-refractivity contribution in [2.45, 2.75) is 39.4 Å². The van der Waals surface area contributed by atoms with Crippen LogP contribution in [0.4, 0.5) is 0 Å². The number of esters is 1. The molecule has 88 valence electrons. The third kappa shape index (κ3) is 3.62. The first-order valence-electron chi connectivity index (χ1n) is 5.13. The van der Waals surface area contributed by atoms with Gasteiger partial charge in [0.15, 0.2) is 6.10 Å². The molecular weight excluding hydrogens is 206 g/mol. The Morgan fingerprint density at radius 3 is 2.50 bits per heavy atom. The SMILES string of the molecule is Cc1ccc(C(O)C(=O)OC(C)(C)C)nc1. The second kappa shape index (κ2) is 4.61. The highest BCUT2D eigenvalue weighted by Gasteiger charge is 2.25. The number of hydrogen-bond donors (Lipinski definition) is 1. The van der Waals surface area contributed by atoms with Crippen LogP contribution in [0.3, 0.4) is 0 Å². The lowest BCUT2D eigenvalue weighted by Gasteiger charge is -2.21. The Bertz CT molecular complexity index is 365. The van der Waals surface area contributed by atoms with Crippen LogP contribution in [0, 0.1) is 6.92 Å². The Labute approximate surface area is 95.3 Å². The number of nitrogens with zero attached hydrogens (tertiary/aromatic N) is 1. The number of carbonyl (C=O) groups is 1. The second-order valence-corrected chi connectivity index (χ2v) is 4.70. The van der Waals surface area contributed by atoms with E-state index in [1.807, 2.05) is 6.92 Å². The number of ether oxygens (including phenoxy) is 1. The van der Waals surface area contributed by atoms with Crippen molar-refractivity contribution in [1.29, 1.82) is 0 Å². The summed E-state index contributed by atoms with van der Waals surface area (Å²) in [6, 6.07) is 3.40. The molecule has 0 amide bonds. The molecule has 1 aromatic heterocycles. The predicted molar refractivity (Wildman–Crippen MR) is 59.8 cm³/mol. The summed E-state index contributed by atoms with van der Waals surface area (Å²) in [4.78, 5) is 15.5. The molecule has 0 fully saturated rings. The monoisotopic (exact) mass is 223 g/mol. The van der Waals surface area contributed by atoms with Gasteiger partial charge in [0.25, 0.3) is 0 Å². The molecule has 1 atom stereocenters. The fourth-order valence-electron chi connectivity index (χ4n) is 1.12. The van der Waals surface area contributed by atoms with Crippen LogP contribution in [0.25, 0.3) is 0 Å². The van der Waals surface area contributed by atoms with Crippen LogP contribution in [-0.2, 0) is 9.53 Å². The Kier molecular flexibility index (Phi) is 3.65. The molecular formula is C12H17NO3. The summed E-state index contributed by atoms with van der Waals surface area (Å²) in [5, 5.41) is 9.71. The molecule has 4 heteroatoms. The Morgan fingerprint density at radius 2 is 2.06 bits per heavy atom. The van der Waals surface area contributed by atoms with Crippen molar-refractivity contribution in [1.82, 2.24) is 4.98 Å². The molecule has 0 aliphatic rings. The third-order valence-corrected chi connectivity index (χ3v) is 1.84. The number of aliphatic hydroxyl groups is 1. The molecule has 16 heavy (non-hydrogen) atoms. The van der Waals surface area contributed by atoms with Gasteiger partial charge in [-0.05, 0) is 39.3 Å². The van der Waals surface area contributed by atoms with Crippen LogP contribution < -0.4 is 0 Å². The van der Waals surface area contributed by atoms with E-state index in [0.717, 1.165) is 5.56 Å². The van der Waals surface area contributed by atoms with Gasteiger partial charge in [0.2, 0.25) is 0 Å².